The number of ether oxygens (including phenoxy) is 2. The van der Waals surface area contributed by atoms with E-state index >= 15 is 0 Å². The minimum absolute atomic E-state index is 0.0481. The summed E-state index contributed by atoms with van der Waals surface area (Å²) in [6, 6.07) is 3.59. The molecule has 1 aromatic rings. The Hall–Kier alpha value is -0.740. The normalized spacial score (nSPS) is 20.0. The van der Waals surface area contributed by atoms with Crippen molar-refractivity contribution in [2.45, 2.75) is 18.9 Å². The van der Waals surface area contributed by atoms with E-state index in [1.54, 1.807) is 13.2 Å². The monoisotopic (exact) mass is 286 g/mol. The lowest BCUT2D eigenvalue weighted by molar-refractivity contribution is 0.0739. The number of hydrogen-bond donors (Lipinski definition) is 1. The van der Waals surface area contributed by atoms with E-state index in [1.807, 2.05) is 6.07 Å². The second-order valence-corrected chi connectivity index (χ2v) is 4.45. The summed E-state index contributed by atoms with van der Waals surface area (Å²) >= 11 is 3.45. The molecule has 1 aromatic carbocycles. The Morgan fingerprint density at radius 3 is 3.06 bits per heavy atom. The summed E-state index contributed by atoms with van der Waals surface area (Å²) < 4.78 is 11.0. The highest BCUT2D eigenvalue weighted by atomic mass is 79.9. The summed E-state index contributed by atoms with van der Waals surface area (Å²) in [6.07, 6.45) is 1.89. The van der Waals surface area contributed by atoms with Gasteiger partial charge < -0.3 is 14.6 Å². The first-order chi connectivity index (χ1) is 7.77. The number of benzene rings is 1. The predicted molar refractivity (Wildman–Crippen MR) is 65.5 cm³/mol. The van der Waals surface area contributed by atoms with Gasteiger partial charge in [0, 0.05) is 17.5 Å². The molecule has 0 bridgehead atoms. The molecule has 4 heteroatoms. The molecule has 0 amide bonds. The number of alkyl halides is 1. The molecule has 1 N–H and O–H groups in total. The van der Waals surface area contributed by atoms with Gasteiger partial charge in [-0.05, 0) is 24.5 Å². The van der Waals surface area contributed by atoms with Crippen molar-refractivity contribution in [3.05, 3.63) is 23.3 Å². The molecular weight excluding hydrogens is 272 g/mol. The van der Waals surface area contributed by atoms with Crippen LogP contribution in [0.4, 0.5) is 0 Å². The fraction of sp³-hybridized carbons (Fsp3) is 0.500. The van der Waals surface area contributed by atoms with Crippen LogP contribution in [0.25, 0.3) is 0 Å². The van der Waals surface area contributed by atoms with Gasteiger partial charge in [0.1, 0.15) is 0 Å². The van der Waals surface area contributed by atoms with E-state index in [0.29, 0.717) is 5.75 Å². The minimum atomic E-state index is 0.0481. The third-order valence-electron chi connectivity index (χ3n) is 2.86. The van der Waals surface area contributed by atoms with E-state index < -0.39 is 0 Å². The second kappa shape index (κ2) is 5.06. The third-order valence-corrected chi connectivity index (χ3v) is 3.45. The van der Waals surface area contributed by atoms with E-state index in [9.17, 15) is 5.11 Å². The van der Waals surface area contributed by atoms with Gasteiger partial charge in [-0.25, -0.2) is 0 Å². The van der Waals surface area contributed by atoms with Crippen molar-refractivity contribution in [3.63, 3.8) is 0 Å². The number of hydrogen-bond acceptors (Lipinski definition) is 3. The second-order valence-electron chi connectivity index (χ2n) is 3.80. The van der Waals surface area contributed by atoms with Crippen LogP contribution in [0.3, 0.4) is 0 Å². The van der Waals surface area contributed by atoms with Crippen LogP contribution in [0.1, 0.15) is 23.7 Å². The highest BCUT2D eigenvalue weighted by Crippen LogP contribution is 2.38. The maximum Gasteiger partial charge on any atom is 0.164 e. The molecule has 0 spiro atoms. The van der Waals surface area contributed by atoms with Crippen LogP contribution in [-0.4, -0.2) is 24.2 Å². The van der Waals surface area contributed by atoms with Crippen LogP contribution in [0, 0.1) is 0 Å². The zero-order valence-corrected chi connectivity index (χ0v) is 10.8. The van der Waals surface area contributed by atoms with Gasteiger partial charge in [-0.2, -0.15) is 0 Å². The van der Waals surface area contributed by atoms with Gasteiger partial charge in [0.2, 0.25) is 0 Å². The zero-order chi connectivity index (χ0) is 11.5. The molecule has 0 fully saturated rings. The molecule has 1 aliphatic heterocycles. The van der Waals surface area contributed by atoms with E-state index in [0.717, 1.165) is 35.9 Å². The number of rotatable bonds is 2. The first kappa shape index (κ1) is 11.7. The molecule has 16 heavy (non-hydrogen) atoms. The highest BCUT2D eigenvalue weighted by Gasteiger charge is 2.22. The summed E-state index contributed by atoms with van der Waals surface area (Å²) in [5, 5.41) is 10.5. The summed E-state index contributed by atoms with van der Waals surface area (Å²) in [7, 11) is 1.59. The number of phenolic OH excluding ortho intramolecular Hbond substituents is 1. The van der Waals surface area contributed by atoms with Crippen molar-refractivity contribution in [2.75, 3.05) is 19.0 Å². The lowest BCUT2D eigenvalue weighted by Gasteiger charge is -2.17. The largest absolute Gasteiger partial charge is 0.504 e. The first-order valence-corrected chi connectivity index (χ1v) is 6.46. The Labute approximate surface area is 104 Å². The summed E-state index contributed by atoms with van der Waals surface area (Å²) in [4.78, 5) is 0. The fourth-order valence-corrected chi connectivity index (χ4v) is 2.65. The van der Waals surface area contributed by atoms with Gasteiger partial charge >= 0.3 is 0 Å². The van der Waals surface area contributed by atoms with E-state index in [4.69, 9.17) is 9.47 Å². The molecule has 1 atom stereocenters. The van der Waals surface area contributed by atoms with Gasteiger partial charge in [-0.3, -0.25) is 0 Å². The van der Waals surface area contributed by atoms with Crippen molar-refractivity contribution >= 4 is 15.9 Å². The molecule has 2 rings (SSSR count). The quantitative estimate of drug-likeness (QED) is 0.850. The van der Waals surface area contributed by atoms with Crippen LogP contribution < -0.4 is 4.74 Å². The number of fused-ring (bicyclic) bond motifs is 1. The summed E-state index contributed by atoms with van der Waals surface area (Å²) in [5.74, 6) is 0.797. The van der Waals surface area contributed by atoms with Gasteiger partial charge in [-0.15, -0.1) is 0 Å². The SMILES string of the molecule is COc1c(O)ccc2c1CCCOC2CBr. The van der Waals surface area contributed by atoms with Crippen molar-refractivity contribution in [1.29, 1.82) is 0 Å². The maximum atomic E-state index is 9.74. The topological polar surface area (TPSA) is 38.7 Å². The van der Waals surface area contributed by atoms with Crippen LogP contribution >= 0.6 is 15.9 Å². The van der Waals surface area contributed by atoms with Crippen molar-refractivity contribution in [2.24, 2.45) is 0 Å². The number of halogens is 1. The van der Waals surface area contributed by atoms with Crippen LogP contribution in [0.15, 0.2) is 12.1 Å². The van der Waals surface area contributed by atoms with Gasteiger partial charge in [0.05, 0.1) is 13.2 Å². The molecule has 88 valence electrons. The Morgan fingerprint density at radius 2 is 2.38 bits per heavy atom. The zero-order valence-electron chi connectivity index (χ0n) is 9.20. The van der Waals surface area contributed by atoms with Crippen molar-refractivity contribution in [1.82, 2.24) is 0 Å². The average molecular weight is 287 g/mol. The standard InChI is InChI=1S/C12H15BrO3/c1-15-12-9-3-2-6-16-11(7-13)8(9)4-5-10(12)14/h4-5,11,14H,2-3,6-7H2,1H3. The van der Waals surface area contributed by atoms with Crippen LogP contribution in [-0.2, 0) is 11.2 Å². The first-order valence-electron chi connectivity index (χ1n) is 5.34. The average Bonchev–Trinajstić information content (AvgIpc) is 2.50. The molecule has 3 nitrogen and oxygen atoms in total. The molecule has 1 aliphatic rings. The third kappa shape index (κ3) is 2.04. The lowest BCUT2D eigenvalue weighted by Crippen LogP contribution is -2.06. The molecule has 0 radical (unpaired) electrons. The molecule has 0 saturated heterocycles. The van der Waals surface area contributed by atoms with Gasteiger partial charge in [0.25, 0.3) is 0 Å². The van der Waals surface area contributed by atoms with E-state index in [-0.39, 0.29) is 11.9 Å². The minimum Gasteiger partial charge on any atom is -0.504 e. The Balaban J connectivity index is 2.51. The van der Waals surface area contributed by atoms with Gasteiger partial charge in [-0.1, -0.05) is 22.0 Å². The maximum absolute atomic E-state index is 9.74. The lowest BCUT2D eigenvalue weighted by atomic mass is 9.99. The highest BCUT2D eigenvalue weighted by molar-refractivity contribution is 9.09. The fourth-order valence-electron chi connectivity index (χ4n) is 2.11. The predicted octanol–water partition coefficient (Wildman–Crippen LogP) is 2.80. The van der Waals surface area contributed by atoms with Crippen molar-refractivity contribution < 1.29 is 14.6 Å². The van der Waals surface area contributed by atoms with E-state index in [1.165, 1.54) is 0 Å². The molecular formula is C12H15BrO3. The smallest absolute Gasteiger partial charge is 0.164 e. The van der Waals surface area contributed by atoms with Crippen molar-refractivity contribution in [3.8, 4) is 11.5 Å². The molecule has 1 heterocycles. The number of methoxy groups -OCH3 is 1. The molecule has 0 saturated carbocycles. The van der Waals surface area contributed by atoms with E-state index in [2.05, 4.69) is 15.9 Å². The Kier molecular flexibility index (Phi) is 3.71. The molecule has 0 aromatic heterocycles. The summed E-state index contributed by atoms with van der Waals surface area (Å²) in [5.41, 5.74) is 2.19. The Bertz CT molecular complexity index is 379. The Morgan fingerprint density at radius 1 is 1.56 bits per heavy atom. The summed E-state index contributed by atoms with van der Waals surface area (Å²) in [6.45, 7) is 0.745. The molecule has 1 unspecified atom stereocenters. The van der Waals surface area contributed by atoms with Gasteiger partial charge in [0.15, 0.2) is 11.5 Å². The number of aromatic hydroxyl groups is 1. The van der Waals surface area contributed by atoms with Crippen LogP contribution in [0.2, 0.25) is 0 Å². The molecule has 0 aliphatic carbocycles. The van der Waals surface area contributed by atoms with Crippen LogP contribution in [0.5, 0.6) is 11.5 Å². The number of phenols is 1.